The molecule has 1 saturated carbocycles. The summed E-state index contributed by atoms with van der Waals surface area (Å²) >= 11 is 0. The zero-order valence-electron chi connectivity index (χ0n) is 16.6. The van der Waals surface area contributed by atoms with Gasteiger partial charge in [-0.3, -0.25) is 4.57 Å². The highest BCUT2D eigenvalue weighted by Gasteiger charge is 2.16. The number of nitrogen functional groups attached to an aromatic ring is 1. The van der Waals surface area contributed by atoms with Gasteiger partial charge in [0.25, 0.3) is 0 Å². The third kappa shape index (κ3) is 5.02. The summed E-state index contributed by atoms with van der Waals surface area (Å²) in [5.74, 6) is 7.61. The molecule has 7 heteroatoms. The van der Waals surface area contributed by atoms with Crippen LogP contribution < -0.4 is 11.1 Å². The summed E-state index contributed by atoms with van der Waals surface area (Å²) in [6.07, 6.45) is 9.28. The van der Waals surface area contributed by atoms with Gasteiger partial charge in [-0.25, -0.2) is 15.0 Å². The normalized spacial score (nSPS) is 15.8. The predicted molar refractivity (Wildman–Crippen MR) is 111 cm³/mol. The summed E-state index contributed by atoms with van der Waals surface area (Å²) in [7, 11) is 0. The number of imidazole rings is 1. The summed E-state index contributed by atoms with van der Waals surface area (Å²) in [4.78, 5) is 13.0. The van der Waals surface area contributed by atoms with Crippen LogP contribution in [0.5, 0.6) is 0 Å². The van der Waals surface area contributed by atoms with E-state index in [1.807, 2.05) is 6.92 Å². The van der Waals surface area contributed by atoms with Crippen LogP contribution >= 0.6 is 0 Å². The van der Waals surface area contributed by atoms with Crippen molar-refractivity contribution in [3.63, 3.8) is 0 Å². The summed E-state index contributed by atoms with van der Waals surface area (Å²) in [5, 5.41) is 13.7. The van der Waals surface area contributed by atoms with Crippen molar-refractivity contribution in [1.82, 2.24) is 24.8 Å². The van der Waals surface area contributed by atoms with Crippen molar-refractivity contribution in [3.05, 3.63) is 24.4 Å². The Morgan fingerprint density at radius 2 is 2.18 bits per heavy atom. The summed E-state index contributed by atoms with van der Waals surface area (Å²) in [6, 6.07) is 0. The molecular formula is C21H30N6O. The van der Waals surface area contributed by atoms with Gasteiger partial charge in [-0.2, -0.15) is 0 Å². The smallest absolute Gasteiger partial charge is 0.208 e. The number of rotatable bonds is 7. The molecule has 1 fully saturated rings. The number of aliphatic hydroxyl groups excluding tert-OH is 1. The van der Waals surface area contributed by atoms with Crippen molar-refractivity contribution < 1.29 is 5.11 Å². The first-order valence-electron chi connectivity index (χ1n) is 10.2. The monoisotopic (exact) mass is 382 g/mol. The molecule has 0 aliphatic heterocycles. The van der Waals surface area contributed by atoms with E-state index in [9.17, 15) is 5.11 Å². The molecule has 3 rings (SSSR count). The molecule has 0 amide bonds. The molecule has 1 aliphatic rings. The molecule has 0 aromatic carbocycles. The molecule has 1 aliphatic carbocycles. The zero-order valence-corrected chi connectivity index (χ0v) is 16.6. The minimum atomic E-state index is -0.766. The molecule has 7 nitrogen and oxygen atoms in total. The van der Waals surface area contributed by atoms with Gasteiger partial charge >= 0.3 is 0 Å². The standard InChI is InChI=1S/C21H30N6O/c1-3-23-15(2)12-13-18(28)27-14-24-19-20(22)25-17(26-21(19)27)11-7-10-16-8-5-4-6-9-16/h14,16,18,23,28H,2-6,8-10,12-13H2,1H3,(H2,22,25,26). The number of nitrogens with one attached hydrogen (secondary N) is 1. The number of anilines is 1. The SMILES string of the molecule is C=C(CCC(O)n1cnc2c(N)nc(C#CCC3CCCCC3)nc21)NCC. The van der Waals surface area contributed by atoms with Crippen LogP contribution in [-0.4, -0.2) is 31.2 Å². The third-order valence-corrected chi connectivity index (χ3v) is 5.22. The molecule has 4 N–H and O–H groups in total. The molecule has 28 heavy (non-hydrogen) atoms. The number of nitrogens with two attached hydrogens (primary N) is 1. The fourth-order valence-electron chi connectivity index (χ4n) is 3.66. The first kappa shape index (κ1) is 20.2. The van der Waals surface area contributed by atoms with Crippen LogP contribution in [0.2, 0.25) is 0 Å². The van der Waals surface area contributed by atoms with E-state index in [4.69, 9.17) is 5.73 Å². The van der Waals surface area contributed by atoms with Crippen molar-refractivity contribution >= 4 is 17.0 Å². The van der Waals surface area contributed by atoms with Crippen LogP contribution in [-0.2, 0) is 0 Å². The Hall–Kier alpha value is -2.59. The highest BCUT2D eigenvalue weighted by Crippen LogP contribution is 2.26. The second kappa shape index (κ2) is 9.56. The Morgan fingerprint density at radius 1 is 1.39 bits per heavy atom. The lowest BCUT2D eigenvalue weighted by Crippen LogP contribution is -2.14. The molecular weight excluding hydrogens is 352 g/mol. The van der Waals surface area contributed by atoms with Gasteiger partial charge in [0.1, 0.15) is 11.7 Å². The zero-order chi connectivity index (χ0) is 19.9. The average Bonchev–Trinajstić information content (AvgIpc) is 3.12. The van der Waals surface area contributed by atoms with Crippen LogP contribution in [0.1, 0.15) is 70.3 Å². The fraction of sp³-hybridized carbons (Fsp3) is 0.571. The molecule has 1 atom stereocenters. The molecule has 2 heterocycles. The Kier molecular flexibility index (Phi) is 6.88. The molecule has 0 saturated heterocycles. The predicted octanol–water partition coefficient (Wildman–Crippen LogP) is 3.12. The summed E-state index contributed by atoms with van der Waals surface area (Å²) in [5.41, 5.74) is 7.94. The van der Waals surface area contributed by atoms with Gasteiger partial charge in [0.2, 0.25) is 5.82 Å². The Balaban J connectivity index is 1.73. The van der Waals surface area contributed by atoms with Crippen molar-refractivity contribution in [2.45, 2.75) is 64.5 Å². The fourth-order valence-corrected chi connectivity index (χ4v) is 3.66. The van der Waals surface area contributed by atoms with Gasteiger partial charge in [-0.1, -0.05) is 31.8 Å². The maximum atomic E-state index is 10.6. The number of allylic oxidation sites excluding steroid dienone is 1. The molecule has 1 unspecified atom stereocenters. The van der Waals surface area contributed by atoms with Gasteiger partial charge in [0.15, 0.2) is 11.5 Å². The second-order valence-electron chi connectivity index (χ2n) is 7.42. The second-order valence-corrected chi connectivity index (χ2v) is 7.42. The van der Waals surface area contributed by atoms with E-state index in [0.717, 1.165) is 18.7 Å². The molecule has 2 aromatic heterocycles. The number of aromatic nitrogens is 4. The summed E-state index contributed by atoms with van der Waals surface area (Å²) < 4.78 is 1.62. The van der Waals surface area contributed by atoms with Crippen molar-refractivity contribution in [2.24, 2.45) is 5.92 Å². The largest absolute Gasteiger partial charge is 0.389 e. The highest BCUT2D eigenvalue weighted by atomic mass is 16.3. The van der Waals surface area contributed by atoms with Crippen LogP contribution in [0.4, 0.5) is 5.82 Å². The molecule has 0 spiro atoms. The summed E-state index contributed by atoms with van der Waals surface area (Å²) in [6.45, 7) is 6.78. The third-order valence-electron chi connectivity index (χ3n) is 5.22. The Labute approximate surface area is 166 Å². The minimum absolute atomic E-state index is 0.287. The molecule has 2 aromatic rings. The first-order chi connectivity index (χ1) is 13.6. The van der Waals surface area contributed by atoms with Crippen molar-refractivity contribution in [2.75, 3.05) is 12.3 Å². The van der Waals surface area contributed by atoms with Crippen LogP contribution in [0.25, 0.3) is 11.2 Å². The lowest BCUT2D eigenvalue weighted by Gasteiger charge is -2.18. The maximum Gasteiger partial charge on any atom is 0.208 e. The van der Waals surface area contributed by atoms with Crippen LogP contribution in [0, 0.1) is 17.8 Å². The number of hydrogen-bond donors (Lipinski definition) is 3. The van der Waals surface area contributed by atoms with E-state index < -0.39 is 6.23 Å². The maximum absolute atomic E-state index is 10.6. The van der Waals surface area contributed by atoms with E-state index in [0.29, 0.717) is 35.7 Å². The highest BCUT2D eigenvalue weighted by molar-refractivity contribution is 5.82. The first-order valence-corrected chi connectivity index (χ1v) is 10.2. The van der Waals surface area contributed by atoms with Gasteiger partial charge in [0, 0.05) is 18.7 Å². The molecule has 0 bridgehead atoms. The van der Waals surface area contributed by atoms with Crippen molar-refractivity contribution in [1.29, 1.82) is 0 Å². The van der Waals surface area contributed by atoms with E-state index in [2.05, 4.69) is 38.7 Å². The van der Waals surface area contributed by atoms with E-state index in [-0.39, 0.29) is 5.82 Å². The van der Waals surface area contributed by atoms with Crippen LogP contribution in [0.15, 0.2) is 18.6 Å². The molecule has 0 radical (unpaired) electrons. The number of aliphatic hydroxyl groups is 1. The quantitative estimate of drug-likeness (QED) is 0.636. The lowest BCUT2D eigenvalue weighted by molar-refractivity contribution is 0.0978. The minimum Gasteiger partial charge on any atom is -0.389 e. The topological polar surface area (TPSA) is 102 Å². The van der Waals surface area contributed by atoms with Crippen LogP contribution in [0.3, 0.4) is 0 Å². The lowest BCUT2D eigenvalue weighted by atomic mass is 9.87. The number of hydrogen-bond acceptors (Lipinski definition) is 6. The Morgan fingerprint density at radius 3 is 2.93 bits per heavy atom. The van der Waals surface area contributed by atoms with Gasteiger partial charge in [0.05, 0.1) is 6.33 Å². The van der Waals surface area contributed by atoms with Gasteiger partial charge in [-0.15, -0.1) is 0 Å². The number of nitrogens with zero attached hydrogens (tertiary/aromatic N) is 4. The molecule has 150 valence electrons. The van der Waals surface area contributed by atoms with Gasteiger partial charge < -0.3 is 16.2 Å². The Bertz CT molecular complexity index is 872. The van der Waals surface area contributed by atoms with E-state index >= 15 is 0 Å². The average molecular weight is 383 g/mol. The van der Waals surface area contributed by atoms with Gasteiger partial charge in [-0.05, 0) is 44.4 Å². The van der Waals surface area contributed by atoms with Crippen molar-refractivity contribution in [3.8, 4) is 11.8 Å². The van der Waals surface area contributed by atoms with E-state index in [1.165, 1.54) is 32.1 Å². The van der Waals surface area contributed by atoms with E-state index in [1.54, 1.807) is 10.9 Å². The number of fused-ring (bicyclic) bond motifs is 1.